The van der Waals surface area contributed by atoms with Gasteiger partial charge in [-0.3, -0.25) is 0 Å². The van der Waals surface area contributed by atoms with E-state index in [0.717, 1.165) is 0 Å². The van der Waals surface area contributed by atoms with Crippen LogP contribution in [-0.2, 0) is 9.47 Å². The largest absolute Gasteiger partial charge is 0.378 e. The van der Waals surface area contributed by atoms with Crippen LogP contribution in [0.1, 0.15) is 13.8 Å². The summed E-state index contributed by atoms with van der Waals surface area (Å²) in [5, 5.41) is 9.40. The Kier molecular flexibility index (Phi) is 2.77. The van der Waals surface area contributed by atoms with E-state index >= 15 is 0 Å². The maximum absolute atomic E-state index is 9.40. The minimum Gasteiger partial charge on any atom is -0.378 e. The van der Waals surface area contributed by atoms with Gasteiger partial charge < -0.3 is 14.6 Å². The van der Waals surface area contributed by atoms with Gasteiger partial charge >= 0.3 is 0 Å². The van der Waals surface area contributed by atoms with E-state index in [2.05, 4.69) is 12.5 Å². The van der Waals surface area contributed by atoms with Crippen LogP contribution in [0.15, 0.2) is 12.7 Å². The zero-order chi connectivity index (χ0) is 10.1. The smallest absolute Gasteiger partial charge is 0.164 e. The lowest BCUT2D eigenvalue weighted by molar-refractivity contribution is -0.149. The van der Waals surface area contributed by atoms with Crippen LogP contribution >= 0.6 is 0 Å². The number of aliphatic hydroxyl groups excluding tert-OH is 1. The second kappa shape index (κ2) is 3.51. The van der Waals surface area contributed by atoms with Gasteiger partial charge in [0.2, 0.25) is 0 Å². The number of terminal acetylenes is 1. The molecule has 1 aliphatic rings. The van der Waals surface area contributed by atoms with Crippen LogP contribution in [0, 0.1) is 12.3 Å². The zero-order valence-electron chi connectivity index (χ0n) is 7.86. The summed E-state index contributed by atoms with van der Waals surface area (Å²) in [7, 11) is 0. The van der Waals surface area contributed by atoms with Crippen molar-refractivity contribution in [3.63, 3.8) is 0 Å². The quantitative estimate of drug-likeness (QED) is 0.504. The maximum Gasteiger partial charge on any atom is 0.164 e. The standard InChI is InChI=1S/C10H14O3/c1-5-7(11)9-8(6-2)12-10(3,4)13-9/h1,6-9,11H,2H2,3-4H3. The number of aliphatic hydroxyl groups is 1. The van der Waals surface area contributed by atoms with Crippen LogP contribution in [-0.4, -0.2) is 29.2 Å². The molecule has 0 saturated carbocycles. The Balaban J connectivity index is 2.76. The maximum atomic E-state index is 9.40. The number of hydrogen-bond donors (Lipinski definition) is 1. The molecule has 1 heterocycles. The van der Waals surface area contributed by atoms with E-state index in [1.165, 1.54) is 0 Å². The second-order valence-corrected chi connectivity index (χ2v) is 3.41. The van der Waals surface area contributed by atoms with Crippen molar-refractivity contribution in [3.8, 4) is 12.3 Å². The lowest BCUT2D eigenvalue weighted by atomic mass is 10.1. The Morgan fingerprint density at radius 3 is 2.69 bits per heavy atom. The molecule has 3 atom stereocenters. The molecule has 1 saturated heterocycles. The molecular weight excluding hydrogens is 168 g/mol. The van der Waals surface area contributed by atoms with Crippen molar-refractivity contribution in [2.45, 2.75) is 37.9 Å². The normalized spacial score (nSPS) is 33.7. The first-order valence-corrected chi connectivity index (χ1v) is 4.12. The third-order valence-electron chi connectivity index (χ3n) is 1.88. The second-order valence-electron chi connectivity index (χ2n) is 3.41. The van der Waals surface area contributed by atoms with Crippen LogP contribution in [0.5, 0.6) is 0 Å². The van der Waals surface area contributed by atoms with Gasteiger partial charge in [0.1, 0.15) is 18.3 Å². The Morgan fingerprint density at radius 1 is 1.62 bits per heavy atom. The van der Waals surface area contributed by atoms with E-state index in [1.807, 2.05) is 0 Å². The molecule has 1 aliphatic heterocycles. The molecule has 0 aromatic rings. The summed E-state index contributed by atoms with van der Waals surface area (Å²) in [5.74, 6) is 1.50. The van der Waals surface area contributed by atoms with E-state index in [4.69, 9.17) is 15.9 Å². The van der Waals surface area contributed by atoms with Crippen LogP contribution in [0.25, 0.3) is 0 Å². The highest BCUT2D eigenvalue weighted by atomic mass is 16.8. The molecule has 0 aromatic heterocycles. The fourth-order valence-electron chi connectivity index (χ4n) is 1.34. The summed E-state index contributed by atoms with van der Waals surface area (Å²) in [6.45, 7) is 7.13. The van der Waals surface area contributed by atoms with Gasteiger partial charge in [0, 0.05) is 0 Å². The molecule has 0 aliphatic carbocycles. The van der Waals surface area contributed by atoms with Gasteiger partial charge in [0.25, 0.3) is 0 Å². The summed E-state index contributed by atoms with van der Waals surface area (Å²) in [6.07, 6.45) is 4.85. The van der Waals surface area contributed by atoms with Crippen molar-refractivity contribution in [1.82, 2.24) is 0 Å². The molecule has 1 N–H and O–H groups in total. The van der Waals surface area contributed by atoms with E-state index in [0.29, 0.717) is 0 Å². The lowest BCUT2D eigenvalue weighted by Gasteiger charge is -2.17. The molecule has 0 aromatic carbocycles. The highest BCUT2D eigenvalue weighted by molar-refractivity contribution is 5.06. The van der Waals surface area contributed by atoms with E-state index in [1.54, 1.807) is 19.9 Å². The highest BCUT2D eigenvalue weighted by Crippen LogP contribution is 2.30. The van der Waals surface area contributed by atoms with Gasteiger partial charge in [-0.2, -0.15) is 0 Å². The molecule has 0 amide bonds. The molecule has 72 valence electrons. The van der Waals surface area contributed by atoms with Crippen LogP contribution in [0.4, 0.5) is 0 Å². The zero-order valence-corrected chi connectivity index (χ0v) is 7.86. The molecule has 0 bridgehead atoms. The van der Waals surface area contributed by atoms with Gasteiger partial charge in [0.05, 0.1) is 0 Å². The van der Waals surface area contributed by atoms with Crippen molar-refractivity contribution >= 4 is 0 Å². The third kappa shape index (κ3) is 2.10. The van der Waals surface area contributed by atoms with Crippen LogP contribution < -0.4 is 0 Å². The Hall–Kier alpha value is -0.820. The van der Waals surface area contributed by atoms with Gasteiger partial charge in [-0.1, -0.05) is 12.0 Å². The first kappa shape index (κ1) is 10.3. The topological polar surface area (TPSA) is 38.7 Å². The van der Waals surface area contributed by atoms with Gasteiger partial charge in [-0.05, 0) is 13.8 Å². The molecule has 0 radical (unpaired) electrons. The third-order valence-corrected chi connectivity index (χ3v) is 1.88. The summed E-state index contributed by atoms with van der Waals surface area (Å²) >= 11 is 0. The summed E-state index contributed by atoms with van der Waals surface area (Å²) < 4.78 is 10.9. The van der Waals surface area contributed by atoms with Crippen molar-refractivity contribution in [2.75, 3.05) is 0 Å². The van der Waals surface area contributed by atoms with Crippen molar-refractivity contribution in [2.24, 2.45) is 0 Å². The average molecular weight is 182 g/mol. The molecule has 1 fully saturated rings. The van der Waals surface area contributed by atoms with Crippen LogP contribution in [0.2, 0.25) is 0 Å². The predicted molar refractivity (Wildman–Crippen MR) is 48.9 cm³/mol. The first-order chi connectivity index (χ1) is 6.00. The summed E-state index contributed by atoms with van der Waals surface area (Å²) in [5.41, 5.74) is 0. The SMILES string of the molecule is C#CC(O)C1OC(C)(C)OC1C=C. The van der Waals surface area contributed by atoms with Crippen molar-refractivity contribution in [1.29, 1.82) is 0 Å². The summed E-state index contributed by atoms with van der Waals surface area (Å²) in [6, 6.07) is 0. The molecule has 0 spiro atoms. The van der Waals surface area contributed by atoms with Gasteiger partial charge in [-0.15, -0.1) is 13.0 Å². The van der Waals surface area contributed by atoms with Crippen molar-refractivity contribution < 1.29 is 14.6 Å². The Labute approximate surface area is 78.3 Å². The molecule has 3 nitrogen and oxygen atoms in total. The van der Waals surface area contributed by atoms with E-state index in [-0.39, 0.29) is 6.10 Å². The van der Waals surface area contributed by atoms with Gasteiger partial charge in [-0.25, -0.2) is 0 Å². The number of ether oxygens (including phenoxy) is 2. The number of hydrogen-bond acceptors (Lipinski definition) is 3. The van der Waals surface area contributed by atoms with Crippen molar-refractivity contribution in [3.05, 3.63) is 12.7 Å². The molecule has 3 heteroatoms. The van der Waals surface area contributed by atoms with E-state index in [9.17, 15) is 5.11 Å². The Bertz CT molecular complexity index is 239. The highest BCUT2D eigenvalue weighted by Gasteiger charge is 2.42. The first-order valence-electron chi connectivity index (χ1n) is 4.12. The monoisotopic (exact) mass is 182 g/mol. The van der Waals surface area contributed by atoms with E-state index < -0.39 is 18.0 Å². The predicted octanol–water partition coefficient (Wildman–Crippen LogP) is 0.687. The molecule has 3 unspecified atom stereocenters. The number of rotatable bonds is 2. The fraction of sp³-hybridized carbons (Fsp3) is 0.600. The fourth-order valence-corrected chi connectivity index (χ4v) is 1.34. The molecular formula is C10H14O3. The molecule has 13 heavy (non-hydrogen) atoms. The lowest BCUT2D eigenvalue weighted by Crippen LogP contribution is -2.33. The van der Waals surface area contributed by atoms with Gasteiger partial charge in [0.15, 0.2) is 5.79 Å². The minimum atomic E-state index is -0.954. The average Bonchev–Trinajstić information content (AvgIpc) is 2.39. The van der Waals surface area contributed by atoms with Crippen LogP contribution in [0.3, 0.4) is 0 Å². The minimum absolute atomic E-state index is 0.346. The Morgan fingerprint density at radius 2 is 2.23 bits per heavy atom. The molecule has 1 rings (SSSR count). The summed E-state index contributed by atoms with van der Waals surface area (Å²) in [4.78, 5) is 0.